The number of imidazole rings is 1. The molecule has 80 valence electrons. The molecular weight excluding hydrogens is 214 g/mol. The summed E-state index contributed by atoms with van der Waals surface area (Å²) >= 11 is 0. The van der Waals surface area contributed by atoms with Gasteiger partial charge in [-0.1, -0.05) is 6.07 Å². The summed E-state index contributed by atoms with van der Waals surface area (Å²) in [6, 6.07) is 3.69. The van der Waals surface area contributed by atoms with E-state index in [0.29, 0.717) is 6.54 Å². The van der Waals surface area contributed by atoms with E-state index in [2.05, 4.69) is 9.71 Å². The van der Waals surface area contributed by atoms with Crippen LogP contribution in [0, 0.1) is 0 Å². The van der Waals surface area contributed by atoms with Crippen molar-refractivity contribution in [3.05, 3.63) is 36.3 Å². The molecule has 15 heavy (non-hydrogen) atoms. The number of nitrogens with zero attached hydrogens (tertiary/aromatic N) is 2. The van der Waals surface area contributed by atoms with Crippen LogP contribution in [0.25, 0.3) is 5.65 Å². The van der Waals surface area contributed by atoms with Gasteiger partial charge < -0.3 is 4.40 Å². The van der Waals surface area contributed by atoms with Gasteiger partial charge in [0.2, 0.25) is 10.0 Å². The van der Waals surface area contributed by atoms with E-state index in [4.69, 9.17) is 0 Å². The molecule has 0 spiro atoms. The summed E-state index contributed by atoms with van der Waals surface area (Å²) in [5.41, 5.74) is 1.74. The van der Waals surface area contributed by atoms with Crippen molar-refractivity contribution >= 4 is 15.7 Å². The van der Waals surface area contributed by atoms with Gasteiger partial charge in [-0.05, 0) is 11.6 Å². The van der Waals surface area contributed by atoms with Crippen molar-refractivity contribution in [1.82, 2.24) is 14.1 Å². The minimum absolute atomic E-state index is 0.299. The van der Waals surface area contributed by atoms with Gasteiger partial charge in [0.1, 0.15) is 5.65 Å². The van der Waals surface area contributed by atoms with Gasteiger partial charge in [0.05, 0.1) is 6.26 Å². The van der Waals surface area contributed by atoms with Crippen LogP contribution in [0.3, 0.4) is 0 Å². The summed E-state index contributed by atoms with van der Waals surface area (Å²) in [4.78, 5) is 4.09. The van der Waals surface area contributed by atoms with Crippen LogP contribution in [-0.2, 0) is 16.6 Å². The molecular formula is C9H11N3O2S. The number of sulfonamides is 1. The molecule has 5 nitrogen and oxygen atoms in total. The first-order valence-electron chi connectivity index (χ1n) is 4.41. The normalized spacial score (nSPS) is 12.1. The van der Waals surface area contributed by atoms with Crippen LogP contribution < -0.4 is 4.72 Å². The zero-order valence-electron chi connectivity index (χ0n) is 8.21. The Morgan fingerprint density at radius 2 is 2.27 bits per heavy atom. The molecule has 0 saturated carbocycles. The van der Waals surface area contributed by atoms with Crippen molar-refractivity contribution in [2.24, 2.45) is 0 Å². The Kier molecular flexibility index (Phi) is 2.45. The standard InChI is InChI=1S/C9H11N3O2S/c1-15(13,14)11-6-8-2-3-9-10-4-5-12(9)7-8/h2-5,7,11H,6H2,1H3. The summed E-state index contributed by atoms with van der Waals surface area (Å²) in [5.74, 6) is 0. The lowest BCUT2D eigenvalue weighted by Crippen LogP contribution is -2.21. The Morgan fingerprint density at radius 1 is 1.47 bits per heavy atom. The molecule has 2 heterocycles. The average molecular weight is 225 g/mol. The number of rotatable bonds is 3. The van der Waals surface area contributed by atoms with Crippen molar-refractivity contribution in [3.8, 4) is 0 Å². The zero-order valence-corrected chi connectivity index (χ0v) is 9.03. The number of hydrogen-bond acceptors (Lipinski definition) is 3. The van der Waals surface area contributed by atoms with E-state index in [9.17, 15) is 8.42 Å². The Bertz CT molecular complexity index is 574. The summed E-state index contributed by atoms with van der Waals surface area (Å²) in [5, 5.41) is 0. The molecule has 0 aliphatic rings. The van der Waals surface area contributed by atoms with Crippen molar-refractivity contribution in [3.63, 3.8) is 0 Å². The molecule has 0 aliphatic carbocycles. The molecule has 0 amide bonds. The summed E-state index contributed by atoms with van der Waals surface area (Å²) in [6.07, 6.45) is 6.51. The van der Waals surface area contributed by atoms with E-state index in [1.165, 1.54) is 0 Å². The minimum Gasteiger partial charge on any atom is -0.307 e. The van der Waals surface area contributed by atoms with E-state index in [1.807, 2.05) is 28.9 Å². The number of nitrogens with one attached hydrogen (secondary N) is 1. The number of aromatic nitrogens is 2. The van der Waals surface area contributed by atoms with E-state index >= 15 is 0 Å². The van der Waals surface area contributed by atoms with E-state index in [-0.39, 0.29) is 0 Å². The fourth-order valence-corrected chi connectivity index (χ4v) is 1.71. The molecule has 0 bridgehead atoms. The zero-order chi connectivity index (χ0) is 10.9. The molecule has 0 radical (unpaired) electrons. The van der Waals surface area contributed by atoms with Crippen LogP contribution in [-0.4, -0.2) is 24.1 Å². The lowest BCUT2D eigenvalue weighted by Gasteiger charge is -2.03. The third-order valence-electron chi connectivity index (χ3n) is 1.99. The second-order valence-electron chi connectivity index (χ2n) is 3.32. The molecule has 0 aromatic carbocycles. The van der Waals surface area contributed by atoms with Gasteiger partial charge in [-0.3, -0.25) is 0 Å². The van der Waals surface area contributed by atoms with Crippen LogP contribution in [0.2, 0.25) is 0 Å². The highest BCUT2D eigenvalue weighted by Crippen LogP contribution is 2.04. The lowest BCUT2D eigenvalue weighted by molar-refractivity contribution is 0.587. The largest absolute Gasteiger partial charge is 0.307 e. The smallest absolute Gasteiger partial charge is 0.209 e. The Hall–Kier alpha value is -1.40. The van der Waals surface area contributed by atoms with E-state index < -0.39 is 10.0 Å². The summed E-state index contributed by atoms with van der Waals surface area (Å²) in [6.45, 7) is 0.299. The minimum atomic E-state index is -3.14. The Labute approximate surface area is 87.8 Å². The third-order valence-corrected chi connectivity index (χ3v) is 2.66. The van der Waals surface area contributed by atoms with Crippen molar-refractivity contribution < 1.29 is 8.42 Å². The van der Waals surface area contributed by atoms with Gasteiger partial charge in [-0.2, -0.15) is 0 Å². The summed E-state index contributed by atoms with van der Waals surface area (Å²) in [7, 11) is -3.14. The third kappa shape index (κ3) is 2.54. The monoisotopic (exact) mass is 225 g/mol. The molecule has 0 atom stereocenters. The van der Waals surface area contributed by atoms with Crippen LogP contribution in [0.5, 0.6) is 0 Å². The van der Waals surface area contributed by atoms with Gasteiger partial charge in [0.15, 0.2) is 0 Å². The molecule has 0 fully saturated rings. The quantitative estimate of drug-likeness (QED) is 0.821. The Balaban J connectivity index is 2.21. The predicted molar refractivity (Wildman–Crippen MR) is 56.9 cm³/mol. The van der Waals surface area contributed by atoms with Gasteiger partial charge >= 0.3 is 0 Å². The average Bonchev–Trinajstić information content (AvgIpc) is 2.60. The molecule has 2 aromatic heterocycles. The fourth-order valence-electron chi connectivity index (χ4n) is 1.29. The fraction of sp³-hybridized carbons (Fsp3) is 0.222. The highest BCUT2D eigenvalue weighted by molar-refractivity contribution is 7.88. The second kappa shape index (κ2) is 3.63. The van der Waals surface area contributed by atoms with Gasteiger partial charge in [-0.25, -0.2) is 18.1 Å². The SMILES string of the molecule is CS(=O)(=O)NCc1ccc2nccn2c1. The summed E-state index contributed by atoms with van der Waals surface area (Å²) < 4.78 is 26.1. The highest BCUT2D eigenvalue weighted by atomic mass is 32.2. The van der Waals surface area contributed by atoms with Crippen molar-refractivity contribution in [2.75, 3.05) is 6.26 Å². The number of pyridine rings is 1. The van der Waals surface area contributed by atoms with Gasteiger partial charge in [0.25, 0.3) is 0 Å². The second-order valence-corrected chi connectivity index (χ2v) is 5.16. The van der Waals surface area contributed by atoms with Crippen molar-refractivity contribution in [2.45, 2.75) is 6.54 Å². The Morgan fingerprint density at radius 3 is 3.00 bits per heavy atom. The van der Waals surface area contributed by atoms with Crippen molar-refractivity contribution in [1.29, 1.82) is 0 Å². The van der Waals surface area contributed by atoms with Crippen LogP contribution >= 0.6 is 0 Å². The maximum absolute atomic E-state index is 10.9. The highest BCUT2D eigenvalue weighted by Gasteiger charge is 2.01. The van der Waals surface area contributed by atoms with Crippen LogP contribution in [0.1, 0.15) is 5.56 Å². The molecule has 1 N–H and O–H groups in total. The molecule has 0 aliphatic heterocycles. The lowest BCUT2D eigenvalue weighted by atomic mass is 10.3. The first kappa shape index (κ1) is 10.1. The number of hydrogen-bond donors (Lipinski definition) is 1. The van der Waals surface area contributed by atoms with Gasteiger partial charge in [0, 0.05) is 25.1 Å². The number of fused-ring (bicyclic) bond motifs is 1. The molecule has 2 aromatic rings. The molecule has 0 unspecified atom stereocenters. The van der Waals surface area contributed by atoms with Crippen LogP contribution in [0.15, 0.2) is 30.7 Å². The maximum atomic E-state index is 10.9. The molecule has 2 rings (SSSR count). The van der Waals surface area contributed by atoms with E-state index in [1.54, 1.807) is 6.20 Å². The maximum Gasteiger partial charge on any atom is 0.209 e. The molecule has 0 saturated heterocycles. The molecule has 6 heteroatoms. The topological polar surface area (TPSA) is 63.5 Å². The van der Waals surface area contributed by atoms with Gasteiger partial charge in [-0.15, -0.1) is 0 Å². The predicted octanol–water partition coefficient (Wildman–Crippen LogP) is 0.383. The first-order chi connectivity index (χ1) is 7.04. The first-order valence-corrected chi connectivity index (χ1v) is 6.30. The van der Waals surface area contributed by atoms with Crippen LogP contribution in [0.4, 0.5) is 0 Å². The van der Waals surface area contributed by atoms with E-state index in [0.717, 1.165) is 17.5 Å².